The van der Waals surface area contributed by atoms with Crippen molar-refractivity contribution in [2.75, 3.05) is 11.4 Å². The van der Waals surface area contributed by atoms with Crippen molar-refractivity contribution in [3.05, 3.63) is 34.1 Å². The number of carbonyl (C=O) groups excluding carboxylic acids is 1. The highest BCUT2D eigenvalue weighted by Crippen LogP contribution is 2.31. The molecule has 1 fully saturated rings. The molecule has 1 aliphatic rings. The zero-order valence-corrected chi connectivity index (χ0v) is 8.35. The van der Waals surface area contributed by atoms with Crippen LogP contribution < -0.4 is 4.90 Å². The van der Waals surface area contributed by atoms with E-state index >= 15 is 0 Å². The van der Waals surface area contributed by atoms with Crippen LogP contribution in [0.4, 0.5) is 15.8 Å². The molecule has 0 saturated carbocycles. The highest BCUT2D eigenvalue weighted by atomic mass is 19.1. The van der Waals surface area contributed by atoms with Gasteiger partial charge in [0.05, 0.1) is 4.92 Å². The van der Waals surface area contributed by atoms with E-state index in [1.54, 1.807) is 0 Å². The molecule has 2 rings (SSSR count). The third-order valence-electron chi connectivity index (χ3n) is 2.50. The van der Waals surface area contributed by atoms with Gasteiger partial charge >= 0.3 is 0 Å². The molecule has 0 atom stereocenters. The Morgan fingerprint density at radius 3 is 2.75 bits per heavy atom. The monoisotopic (exact) mass is 224 g/mol. The minimum absolute atomic E-state index is 0.0486. The third-order valence-corrected chi connectivity index (χ3v) is 2.50. The van der Waals surface area contributed by atoms with Gasteiger partial charge in [-0.25, -0.2) is 4.39 Å². The molecule has 0 bridgehead atoms. The number of benzene rings is 1. The maximum absolute atomic E-state index is 13.0. The molecule has 0 aliphatic carbocycles. The lowest BCUT2D eigenvalue weighted by Crippen LogP contribution is -2.24. The minimum atomic E-state index is -0.611. The highest BCUT2D eigenvalue weighted by Gasteiger charge is 2.28. The number of nitrogens with zero attached hydrogens (tertiary/aromatic N) is 2. The predicted octanol–water partition coefficient (Wildman–Crippen LogP) is 1.86. The summed E-state index contributed by atoms with van der Waals surface area (Å²) in [6, 6.07) is 3.12. The Morgan fingerprint density at radius 1 is 1.44 bits per heavy atom. The second-order valence-electron chi connectivity index (χ2n) is 3.54. The average molecular weight is 224 g/mol. The van der Waals surface area contributed by atoms with Crippen LogP contribution in [0, 0.1) is 15.9 Å². The van der Waals surface area contributed by atoms with Crippen LogP contribution >= 0.6 is 0 Å². The second-order valence-corrected chi connectivity index (χ2v) is 3.54. The van der Waals surface area contributed by atoms with E-state index in [1.807, 2.05) is 0 Å². The number of rotatable bonds is 2. The van der Waals surface area contributed by atoms with Crippen molar-refractivity contribution in [1.29, 1.82) is 0 Å². The van der Waals surface area contributed by atoms with Crippen molar-refractivity contribution in [3.63, 3.8) is 0 Å². The SMILES string of the molecule is O=C1CCCN1c1cc(F)ccc1[N+](=O)[O-]. The Kier molecular flexibility index (Phi) is 2.55. The van der Waals surface area contributed by atoms with Crippen LogP contribution in [0.25, 0.3) is 0 Å². The molecule has 1 heterocycles. The molecule has 0 unspecified atom stereocenters. The average Bonchev–Trinajstić information content (AvgIpc) is 2.63. The van der Waals surface area contributed by atoms with Crippen LogP contribution in [0.5, 0.6) is 0 Å². The maximum Gasteiger partial charge on any atom is 0.293 e. The number of hydrogen-bond acceptors (Lipinski definition) is 3. The number of carbonyl (C=O) groups is 1. The molecule has 1 amide bonds. The van der Waals surface area contributed by atoms with Crippen LogP contribution in [0.2, 0.25) is 0 Å². The van der Waals surface area contributed by atoms with Gasteiger partial charge in [0.15, 0.2) is 0 Å². The number of nitro groups is 1. The van der Waals surface area contributed by atoms with E-state index in [0.29, 0.717) is 19.4 Å². The molecular weight excluding hydrogens is 215 g/mol. The molecule has 84 valence electrons. The number of amides is 1. The summed E-state index contributed by atoms with van der Waals surface area (Å²) in [7, 11) is 0. The highest BCUT2D eigenvalue weighted by molar-refractivity contribution is 5.97. The van der Waals surface area contributed by atoms with E-state index < -0.39 is 10.7 Å². The van der Waals surface area contributed by atoms with Gasteiger partial charge in [0.2, 0.25) is 5.91 Å². The first-order valence-electron chi connectivity index (χ1n) is 4.84. The van der Waals surface area contributed by atoms with Crippen molar-refractivity contribution in [2.45, 2.75) is 12.8 Å². The number of nitro benzene ring substituents is 1. The van der Waals surface area contributed by atoms with E-state index in [-0.39, 0.29) is 17.3 Å². The maximum atomic E-state index is 13.0. The summed E-state index contributed by atoms with van der Waals surface area (Å²) < 4.78 is 13.0. The molecular formula is C10H9FN2O3. The van der Waals surface area contributed by atoms with E-state index in [2.05, 4.69) is 0 Å². The summed E-state index contributed by atoms with van der Waals surface area (Å²) in [5.74, 6) is -0.783. The lowest BCUT2D eigenvalue weighted by molar-refractivity contribution is -0.384. The molecule has 0 aromatic heterocycles. The number of hydrogen-bond donors (Lipinski definition) is 0. The van der Waals surface area contributed by atoms with Crippen molar-refractivity contribution < 1.29 is 14.1 Å². The Labute approximate surface area is 90.6 Å². The molecule has 1 saturated heterocycles. The predicted molar refractivity (Wildman–Crippen MR) is 54.6 cm³/mol. The quantitative estimate of drug-likeness (QED) is 0.569. The summed E-state index contributed by atoms with van der Waals surface area (Å²) in [5.41, 5.74) is -0.191. The number of halogens is 1. The first kappa shape index (κ1) is 10.5. The summed E-state index contributed by atoms with van der Waals surface area (Å²) in [4.78, 5) is 22.8. The van der Waals surface area contributed by atoms with Gasteiger partial charge in [-0.3, -0.25) is 14.9 Å². The van der Waals surface area contributed by atoms with Crippen molar-refractivity contribution in [3.8, 4) is 0 Å². The summed E-state index contributed by atoms with van der Waals surface area (Å²) in [6.07, 6.45) is 1.00. The van der Waals surface area contributed by atoms with Gasteiger partial charge in [-0.2, -0.15) is 0 Å². The molecule has 0 N–H and O–H groups in total. The molecule has 0 radical (unpaired) electrons. The smallest absolute Gasteiger partial charge is 0.293 e. The molecule has 1 aromatic carbocycles. The topological polar surface area (TPSA) is 63.5 Å². The first-order valence-corrected chi connectivity index (χ1v) is 4.84. The normalized spacial score (nSPS) is 15.6. The summed E-state index contributed by atoms with van der Waals surface area (Å²) >= 11 is 0. The zero-order valence-electron chi connectivity index (χ0n) is 8.35. The Balaban J connectivity index is 2.48. The Bertz CT molecular complexity index is 461. The molecule has 5 nitrogen and oxygen atoms in total. The first-order chi connectivity index (χ1) is 7.59. The van der Waals surface area contributed by atoms with Crippen LogP contribution in [-0.2, 0) is 4.79 Å². The van der Waals surface area contributed by atoms with E-state index in [0.717, 1.165) is 18.2 Å². The van der Waals surface area contributed by atoms with E-state index in [9.17, 15) is 19.3 Å². The largest absolute Gasteiger partial charge is 0.306 e. The summed E-state index contributed by atoms with van der Waals surface area (Å²) in [5, 5.41) is 10.7. The van der Waals surface area contributed by atoms with Crippen molar-refractivity contribution in [2.24, 2.45) is 0 Å². The van der Waals surface area contributed by atoms with Gasteiger partial charge in [-0.15, -0.1) is 0 Å². The van der Waals surface area contributed by atoms with Gasteiger partial charge in [0, 0.05) is 25.1 Å². The van der Waals surface area contributed by atoms with Crippen LogP contribution in [0.15, 0.2) is 18.2 Å². The minimum Gasteiger partial charge on any atom is -0.306 e. The van der Waals surface area contributed by atoms with E-state index in [1.165, 1.54) is 4.90 Å². The molecule has 6 heteroatoms. The van der Waals surface area contributed by atoms with Crippen LogP contribution in [0.1, 0.15) is 12.8 Å². The van der Waals surface area contributed by atoms with E-state index in [4.69, 9.17) is 0 Å². The van der Waals surface area contributed by atoms with Gasteiger partial charge in [-0.1, -0.05) is 0 Å². The third kappa shape index (κ3) is 1.73. The Morgan fingerprint density at radius 2 is 2.19 bits per heavy atom. The molecule has 1 aromatic rings. The molecule has 1 aliphatic heterocycles. The van der Waals surface area contributed by atoms with Gasteiger partial charge in [-0.05, 0) is 12.5 Å². The standard InChI is InChI=1S/C10H9FN2O3/c11-7-3-4-8(13(15)16)9(6-7)12-5-1-2-10(12)14/h3-4,6H,1-2,5H2. The van der Waals surface area contributed by atoms with Gasteiger partial charge in [0.25, 0.3) is 5.69 Å². The van der Waals surface area contributed by atoms with Crippen LogP contribution in [-0.4, -0.2) is 17.4 Å². The van der Waals surface area contributed by atoms with Gasteiger partial charge < -0.3 is 4.90 Å². The van der Waals surface area contributed by atoms with Crippen molar-refractivity contribution >= 4 is 17.3 Å². The molecule has 0 spiro atoms. The second kappa shape index (κ2) is 3.88. The number of anilines is 1. The van der Waals surface area contributed by atoms with Crippen LogP contribution in [0.3, 0.4) is 0 Å². The summed E-state index contributed by atoms with van der Waals surface area (Å²) in [6.45, 7) is 0.406. The fraction of sp³-hybridized carbons (Fsp3) is 0.300. The van der Waals surface area contributed by atoms with Crippen molar-refractivity contribution in [1.82, 2.24) is 0 Å². The fourth-order valence-electron chi connectivity index (χ4n) is 1.77. The Hall–Kier alpha value is -1.98. The van der Waals surface area contributed by atoms with Gasteiger partial charge in [0.1, 0.15) is 11.5 Å². The lowest BCUT2D eigenvalue weighted by Gasteiger charge is -2.15. The molecule has 16 heavy (non-hydrogen) atoms. The zero-order chi connectivity index (χ0) is 11.7. The lowest BCUT2D eigenvalue weighted by atomic mass is 10.2. The fourth-order valence-corrected chi connectivity index (χ4v) is 1.77.